The number of carbonyl (C=O) groups is 1. The quantitative estimate of drug-likeness (QED) is 0.824. The molecule has 122 valence electrons. The van der Waals surface area contributed by atoms with Crippen LogP contribution < -0.4 is 4.74 Å². The molecular formula is C18H19FO4. The molecule has 0 saturated carbocycles. The number of rotatable bonds is 6. The number of aliphatic hydroxyl groups is 1. The molecule has 0 fully saturated rings. The maximum Gasteiger partial charge on any atom is 0.309 e. The minimum absolute atomic E-state index is 0.124. The largest absolute Gasteiger partial charge is 0.466 e. The SMILES string of the molecule is CCOC(=O)CC(C)(O)c1ccc(Oc2ccccc2F)cc1. The van der Waals surface area contributed by atoms with E-state index in [9.17, 15) is 14.3 Å². The molecule has 1 N–H and O–H groups in total. The minimum atomic E-state index is -1.34. The van der Waals surface area contributed by atoms with E-state index in [2.05, 4.69) is 0 Å². The van der Waals surface area contributed by atoms with E-state index in [1.807, 2.05) is 0 Å². The second kappa shape index (κ2) is 7.24. The van der Waals surface area contributed by atoms with Crippen molar-refractivity contribution in [2.45, 2.75) is 25.9 Å². The van der Waals surface area contributed by atoms with Gasteiger partial charge in [-0.3, -0.25) is 4.79 Å². The highest BCUT2D eigenvalue weighted by Crippen LogP contribution is 2.29. The Bertz CT molecular complexity index is 665. The summed E-state index contributed by atoms with van der Waals surface area (Å²) < 4.78 is 23.8. The van der Waals surface area contributed by atoms with Gasteiger partial charge in [-0.15, -0.1) is 0 Å². The van der Waals surface area contributed by atoms with E-state index in [1.54, 1.807) is 43.3 Å². The summed E-state index contributed by atoms with van der Waals surface area (Å²) in [5.41, 5.74) is -0.797. The van der Waals surface area contributed by atoms with Gasteiger partial charge in [0.2, 0.25) is 0 Å². The molecule has 1 atom stereocenters. The van der Waals surface area contributed by atoms with Crippen LogP contribution in [-0.4, -0.2) is 17.7 Å². The molecular weight excluding hydrogens is 299 g/mol. The van der Waals surface area contributed by atoms with Crippen molar-refractivity contribution in [1.29, 1.82) is 0 Å². The minimum Gasteiger partial charge on any atom is -0.466 e. The van der Waals surface area contributed by atoms with Crippen molar-refractivity contribution in [2.24, 2.45) is 0 Å². The van der Waals surface area contributed by atoms with Crippen molar-refractivity contribution in [2.75, 3.05) is 6.61 Å². The highest BCUT2D eigenvalue weighted by molar-refractivity contribution is 5.71. The summed E-state index contributed by atoms with van der Waals surface area (Å²) in [6.45, 7) is 3.52. The number of esters is 1. The van der Waals surface area contributed by atoms with E-state index >= 15 is 0 Å². The molecule has 0 aliphatic carbocycles. The Labute approximate surface area is 134 Å². The fourth-order valence-electron chi connectivity index (χ4n) is 2.13. The number of hydrogen-bond acceptors (Lipinski definition) is 4. The molecule has 0 bridgehead atoms. The van der Waals surface area contributed by atoms with Gasteiger partial charge in [-0.25, -0.2) is 4.39 Å². The second-order valence-corrected chi connectivity index (χ2v) is 5.31. The van der Waals surface area contributed by atoms with Crippen molar-refractivity contribution >= 4 is 5.97 Å². The highest BCUT2D eigenvalue weighted by Gasteiger charge is 2.27. The van der Waals surface area contributed by atoms with E-state index < -0.39 is 17.4 Å². The van der Waals surface area contributed by atoms with Crippen LogP contribution in [0.4, 0.5) is 4.39 Å². The Morgan fingerprint density at radius 1 is 1.17 bits per heavy atom. The van der Waals surface area contributed by atoms with Crippen LogP contribution in [-0.2, 0) is 15.1 Å². The number of ether oxygens (including phenoxy) is 2. The molecule has 0 radical (unpaired) electrons. The van der Waals surface area contributed by atoms with Gasteiger partial charge >= 0.3 is 5.97 Å². The Morgan fingerprint density at radius 3 is 2.43 bits per heavy atom. The first-order valence-corrected chi connectivity index (χ1v) is 7.33. The maximum absolute atomic E-state index is 13.5. The number of halogens is 1. The van der Waals surface area contributed by atoms with Crippen molar-refractivity contribution < 1.29 is 23.8 Å². The van der Waals surface area contributed by atoms with Gasteiger partial charge < -0.3 is 14.6 Å². The molecule has 23 heavy (non-hydrogen) atoms. The summed E-state index contributed by atoms with van der Waals surface area (Å²) in [6, 6.07) is 12.6. The van der Waals surface area contributed by atoms with Gasteiger partial charge in [0.05, 0.1) is 18.6 Å². The topological polar surface area (TPSA) is 55.8 Å². The highest BCUT2D eigenvalue weighted by atomic mass is 19.1. The standard InChI is InChI=1S/C18H19FO4/c1-3-22-17(20)12-18(2,21)13-8-10-14(11-9-13)23-16-7-5-4-6-15(16)19/h4-11,21H,3,12H2,1-2H3. The zero-order chi connectivity index (χ0) is 16.9. The molecule has 0 amide bonds. The molecule has 2 aromatic rings. The molecule has 2 aromatic carbocycles. The Morgan fingerprint density at radius 2 is 1.83 bits per heavy atom. The van der Waals surface area contributed by atoms with Gasteiger partial charge in [-0.05, 0) is 43.7 Å². The van der Waals surface area contributed by atoms with Crippen LogP contribution >= 0.6 is 0 Å². The first kappa shape index (κ1) is 17.0. The lowest BCUT2D eigenvalue weighted by molar-refractivity contribution is -0.148. The lowest BCUT2D eigenvalue weighted by Gasteiger charge is -2.23. The monoisotopic (exact) mass is 318 g/mol. The van der Waals surface area contributed by atoms with Crippen molar-refractivity contribution in [3.8, 4) is 11.5 Å². The number of hydrogen-bond donors (Lipinski definition) is 1. The fourth-order valence-corrected chi connectivity index (χ4v) is 2.13. The van der Waals surface area contributed by atoms with E-state index in [-0.39, 0.29) is 18.8 Å². The van der Waals surface area contributed by atoms with Crippen LogP contribution in [0.2, 0.25) is 0 Å². The van der Waals surface area contributed by atoms with Crippen LogP contribution in [0.25, 0.3) is 0 Å². The third kappa shape index (κ3) is 4.53. The van der Waals surface area contributed by atoms with Gasteiger partial charge in [0.15, 0.2) is 11.6 Å². The number of para-hydroxylation sites is 1. The van der Waals surface area contributed by atoms with Gasteiger partial charge in [0.25, 0.3) is 0 Å². The number of benzene rings is 2. The fraction of sp³-hybridized carbons (Fsp3) is 0.278. The van der Waals surface area contributed by atoms with Gasteiger partial charge in [-0.1, -0.05) is 24.3 Å². The van der Waals surface area contributed by atoms with Crippen LogP contribution in [0, 0.1) is 5.82 Å². The van der Waals surface area contributed by atoms with Crippen LogP contribution in [0.3, 0.4) is 0 Å². The third-order valence-electron chi connectivity index (χ3n) is 3.33. The molecule has 2 rings (SSSR count). The van der Waals surface area contributed by atoms with Gasteiger partial charge in [-0.2, -0.15) is 0 Å². The van der Waals surface area contributed by atoms with Crippen LogP contribution in [0.5, 0.6) is 11.5 Å². The smallest absolute Gasteiger partial charge is 0.309 e. The Kier molecular flexibility index (Phi) is 5.34. The van der Waals surface area contributed by atoms with E-state index in [4.69, 9.17) is 9.47 Å². The van der Waals surface area contributed by atoms with E-state index in [0.717, 1.165) is 0 Å². The maximum atomic E-state index is 13.5. The molecule has 5 heteroatoms. The Hall–Kier alpha value is -2.40. The van der Waals surface area contributed by atoms with Crippen LogP contribution in [0.1, 0.15) is 25.8 Å². The summed E-state index contributed by atoms with van der Waals surface area (Å²) in [6.07, 6.45) is -0.144. The predicted octanol–water partition coefficient (Wildman–Crippen LogP) is 3.78. The average molecular weight is 318 g/mol. The lowest BCUT2D eigenvalue weighted by atomic mass is 9.92. The number of carbonyl (C=O) groups excluding carboxylic acids is 1. The summed E-state index contributed by atoms with van der Waals surface area (Å²) in [5, 5.41) is 10.4. The lowest BCUT2D eigenvalue weighted by Crippen LogP contribution is -2.26. The van der Waals surface area contributed by atoms with E-state index in [1.165, 1.54) is 19.1 Å². The normalized spacial score (nSPS) is 13.2. The zero-order valence-electron chi connectivity index (χ0n) is 13.1. The molecule has 0 aliphatic heterocycles. The van der Waals surface area contributed by atoms with E-state index in [0.29, 0.717) is 11.3 Å². The van der Waals surface area contributed by atoms with Gasteiger partial charge in [0, 0.05) is 0 Å². The molecule has 0 spiro atoms. The molecule has 0 aliphatic rings. The Balaban J connectivity index is 2.09. The second-order valence-electron chi connectivity index (χ2n) is 5.31. The summed E-state index contributed by atoms with van der Waals surface area (Å²) in [7, 11) is 0. The zero-order valence-corrected chi connectivity index (χ0v) is 13.1. The van der Waals surface area contributed by atoms with Crippen molar-refractivity contribution in [1.82, 2.24) is 0 Å². The summed E-state index contributed by atoms with van der Waals surface area (Å²) in [5.74, 6) is -0.362. The molecule has 0 saturated heterocycles. The predicted molar refractivity (Wildman–Crippen MR) is 83.7 cm³/mol. The average Bonchev–Trinajstić information content (AvgIpc) is 2.50. The summed E-state index contributed by atoms with van der Waals surface area (Å²) in [4.78, 5) is 11.5. The molecule has 0 aromatic heterocycles. The first-order valence-electron chi connectivity index (χ1n) is 7.33. The van der Waals surface area contributed by atoms with Crippen molar-refractivity contribution in [3.05, 3.63) is 59.9 Å². The van der Waals surface area contributed by atoms with Crippen molar-refractivity contribution in [3.63, 3.8) is 0 Å². The molecule has 0 heterocycles. The third-order valence-corrected chi connectivity index (χ3v) is 3.33. The molecule has 1 unspecified atom stereocenters. The van der Waals surface area contributed by atoms with Gasteiger partial charge in [0.1, 0.15) is 5.75 Å². The van der Waals surface area contributed by atoms with Crippen LogP contribution in [0.15, 0.2) is 48.5 Å². The molecule has 4 nitrogen and oxygen atoms in total. The summed E-state index contributed by atoms with van der Waals surface area (Å²) >= 11 is 0. The first-order chi connectivity index (χ1) is 10.9.